The fourth-order valence-corrected chi connectivity index (χ4v) is 3.02. The standard InChI is InChI=1S/C19H20N2O4/c22-19(21-12-15-10-14-3-1-2-4-16(14)25-15)20-11-13-5-6-17-18(9-13)24-8-7-23-17/h1-6,9,15H,7-8,10-12H2,(H2,20,21,22). The molecule has 0 aliphatic carbocycles. The van der Waals surface area contributed by atoms with Crippen molar-refractivity contribution >= 4 is 6.03 Å². The van der Waals surface area contributed by atoms with Crippen LogP contribution in [0.5, 0.6) is 17.2 Å². The van der Waals surface area contributed by atoms with Gasteiger partial charge < -0.3 is 24.8 Å². The second-order valence-electron chi connectivity index (χ2n) is 6.09. The summed E-state index contributed by atoms with van der Waals surface area (Å²) < 4.78 is 16.8. The number of hydrogen-bond acceptors (Lipinski definition) is 4. The Morgan fingerprint density at radius 1 is 1.00 bits per heavy atom. The highest BCUT2D eigenvalue weighted by Crippen LogP contribution is 2.30. The highest BCUT2D eigenvalue weighted by atomic mass is 16.6. The number of para-hydroxylation sites is 1. The summed E-state index contributed by atoms with van der Waals surface area (Å²) in [6.45, 7) is 2.02. The normalized spacial score (nSPS) is 17.4. The Kier molecular flexibility index (Phi) is 4.33. The minimum Gasteiger partial charge on any atom is -0.488 e. The largest absolute Gasteiger partial charge is 0.488 e. The molecule has 2 aliphatic heterocycles. The van der Waals surface area contributed by atoms with Gasteiger partial charge in [-0.2, -0.15) is 0 Å². The molecule has 2 N–H and O–H groups in total. The highest BCUT2D eigenvalue weighted by molar-refractivity contribution is 5.73. The molecule has 2 aliphatic rings. The number of fused-ring (bicyclic) bond motifs is 2. The Bertz CT molecular complexity index is 753. The minimum absolute atomic E-state index is 0.0163. The van der Waals surface area contributed by atoms with Crippen molar-refractivity contribution in [2.24, 2.45) is 0 Å². The van der Waals surface area contributed by atoms with Gasteiger partial charge in [-0.25, -0.2) is 4.79 Å². The van der Waals surface area contributed by atoms with Crippen LogP contribution in [-0.2, 0) is 13.0 Å². The lowest BCUT2D eigenvalue weighted by Gasteiger charge is -2.19. The first-order valence-electron chi connectivity index (χ1n) is 8.43. The van der Waals surface area contributed by atoms with Gasteiger partial charge in [-0.05, 0) is 29.3 Å². The van der Waals surface area contributed by atoms with Gasteiger partial charge in [0.25, 0.3) is 0 Å². The minimum atomic E-state index is -0.213. The summed E-state index contributed by atoms with van der Waals surface area (Å²) in [5.74, 6) is 2.38. The molecule has 2 heterocycles. The van der Waals surface area contributed by atoms with Crippen LogP contribution in [0.15, 0.2) is 42.5 Å². The third-order valence-electron chi connectivity index (χ3n) is 4.26. The van der Waals surface area contributed by atoms with E-state index >= 15 is 0 Å². The van der Waals surface area contributed by atoms with E-state index in [4.69, 9.17) is 14.2 Å². The lowest BCUT2D eigenvalue weighted by molar-refractivity contribution is 0.171. The van der Waals surface area contributed by atoms with Crippen molar-refractivity contribution in [3.8, 4) is 17.2 Å². The molecular formula is C19H20N2O4. The van der Waals surface area contributed by atoms with E-state index in [0.717, 1.165) is 29.2 Å². The van der Waals surface area contributed by atoms with E-state index in [1.807, 2.05) is 36.4 Å². The summed E-state index contributed by atoms with van der Waals surface area (Å²) in [6.07, 6.45) is 0.802. The molecule has 1 unspecified atom stereocenters. The summed E-state index contributed by atoms with van der Waals surface area (Å²) in [5.41, 5.74) is 2.15. The van der Waals surface area contributed by atoms with Crippen molar-refractivity contribution in [3.63, 3.8) is 0 Å². The Hall–Kier alpha value is -2.89. The maximum absolute atomic E-state index is 12.0. The third kappa shape index (κ3) is 3.63. The molecule has 0 aromatic heterocycles. The molecule has 4 rings (SSSR count). The van der Waals surface area contributed by atoms with Crippen molar-refractivity contribution in [2.75, 3.05) is 19.8 Å². The van der Waals surface area contributed by atoms with Crippen LogP contribution in [0.2, 0.25) is 0 Å². The first-order chi connectivity index (χ1) is 12.3. The monoisotopic (exact) mass is 340 g/mol. The van der Waals surface area contributed by atoms with Crippen molar-refractivity contribution in [2.45, 2.75) is 19.1 Å². The highest BCUT2D eigenvalue weighted by Gasteiger charge is 2.22. The molecule has 0 bridgehead atoms. The second kappa shape index (κ2) is 6.93. The van der Waals surface area contributed by atoms with E-state index in [1.54, 1.807) is 0 Å². The molecule has 1 atom stereocenters. The molecular weight excluding hydrogens is 320 g/mol. The number of amides is 2. The van der Waals surface area contributed by atoms with Crippen LogP contribution in [0.25, 0.3) is 0 Å². The fourth-order valence-electron chi connectivity index (χ4n) is 3.02. The number of urea groups is 1. The Balaban J connectivity index is 1.23. The van der Waals surface area contributed by atoms with Crippen LogP contribution in [0, 0.1) is 0 Å². The van der Waals surface area contributed by atoms with Crippen molar-refractivity contribution in [1.82, 2.24) is 10.6 Å². The van der Waals surface area contributed by atoms with Crippen LogP contribution in [0.3, 0.4) is 0 Å². The Labute approximate surface area is 146 Å². The number of carbonyl (C=O) groups is 1. The van der Waals surface area contributed by atoms with Crippen molar-refractivity contribution in [1.29, 1.82) is 0 Å². The van der Waals surface area contributed by atoms with Gasteiger partial charge in [0.1, 0.15) is 25.1 Å². The molecule has 130 valence electrons. The van der Waals surface area contributed by atoms with Gasteiger partial charge in [0.15, 0.2) is 11.5 Å². The quantitative estimate of drug-likeness (QED) is 0.896. The van der Waals surface area contributed by atoms with Crippen LogP contribution in [-0.4, -0.2) is 31.9 Å². The predicted molar refractivity (Wildman–Crippen MR) is 92.2 cm³/mol. The van der Waals surface area contributed by atoms with Gasteiger partial charge in [-0.3, -0.25) is 0 Å². The van der Waals surface area contributed by atoms with E-state index in [-0.39, 0.29) is 12.1 Å². The van der Waals surface area contributed by atoms with Crippen LogP contribution >= 0.6 is 0 Å². The van der Waals surface area contributed by atoms with E-state index < -0.39 is 0 Å². The second-order valence-corrected chi connectivity index (χ2v) is 6.09. The molecule has 0 radical (unpaired) electrons. The first kappa shape index (κ1) is 15.6. The number of nitrogens with one attached hydrogen (secondary N) is 2. The number of ether oxygens (including phenoxy) is 3. The summed E-state index contributed by atoms with van der Waals surface area (Å²) in [5, 5.41) is 5.71. The first-order valence-corrected chi connectivity index (χ1v) is 8.43. The number of rotatable bonds is 4. The predicted octanol–water partition coefficient (Wildman–Crippen LogP) is 2.26. The molecule has 2 aromatic carbocycles. The molecule has 0 saturated carbocycles. The molecule has 0 spiro atoms. The molecule has 2 aromatic rings. The molecule has 25 heavy (non-hydrogen) atoms. The van der Waals surface area contributed by atoms with Crippen LogP contribution in [0.1, 0.15) is 11.1 Å². The van der Waals surface area contributed by atoms with E-state index in [1.165, 1.54) is 5.56 Å². The van der Waals surface area contributed by atoms with Gasteiger partial charge in [-0.1, -0.05) is 24.3 Å². The van der Waals surface area contributed by atoms with E-state index in [9.17, 15) is 4.79 Å². The molecule has 0 saturated heterocycles. The Morgan fingerprint density at radius 3 is 2.72 bits per heavy atom. The third-order valence-corrected chi connectivity index (χ3v) is 4.26. The maximum Gasteiger partial charge on any atom is 0.315 e. The van der Waals surface area contributed by atoms with Gasteiger partial charge in [-0.15, -0.1) is 0 Å². The van der Waals surface area contributed by atoms with Crippen LogP contribution in [0.4, 0.5) is 4.79 Å². The summed E-state index contributed by atoms with van der Waals surface area (Å²) in [7, 11) is 0. The van der Waals surface area contributed by atoms with Gasteiger partial charge in [0.2, 0.25) is 0 Å². The van der Waals surface area contributed by atoms with Gasteiger partial charge in [0.05, 0.1) is 6.54 Å². The summed E-state index contributed by atoms with van der Waals surface area (Å²) >= 11 is 0. The number of benzene rings is 2. The SMILES string of the molecule is O=C(NCc1ccc2c(c1)OCCO2)NCC1Cc2ccccc2O1. The summed E-state index contributed by atoms with van der Waals surface area (Å²) in [4.78, 5) is 12.0. The molecule has 6 heteroatoms. The maximum atomic E-state index is 12.0. The zero-order valence-corrected chi connectivity index (χ0v) is 13.8. The van der Waals surface area contributed by atoms with Crippen molar-refractivity contribution < 1.29 is 19.0 Å². The molecule has 0 fully saturated rings. The van der Waals surface area contributed by atoms with Gasteiger partial charge >= 0.3 is 6.03 Å². The summed E-state index contributed by atoms with van der Waals surface area (Å²) in [6, 6.07) is 13.4. The average molecular weight is 340 g/mol. The zero-order valence-electron chi connectivity index (χ0n) is 13.8. The topological polar surface area (TPSA) is 68.8 Å². The fraction of sp³-hybridized carbons (Fsp3) is 0.316. The molecule has 6 nitrogen and oxygen atoms in total. The Morgan fingerprint density at radius 2 is 1.84 bits per heavy atom. The van der Waals surface area contributed by atoms with E-state index in [2.05, 4.69) is 16.7 Å². The lowest BCUT2D eigenvalue weighted by Crippen LogP contribution is -2.40. The average Bonchev–Trinajstić information content (AvgIpc) is 3.07. The van der Waals surface area contributed by atoms with Crippen molar-refractivity contribution in [3.05, 3.63) is 53.6 Å². The lowest BCUT2D eigenvalue weighted by atomic mass is 10.1. The number of carbonyl (C=O) groups excluding carboxylic acids is 1. The molecule has 2 amide bonds. The number of hydrogen-bond donors (Lipinski definition) is 2. The van der Waals surface area contributed by atoms with Crippen LogP contribution < -0.4 is 24.8 Å². The zero-order chi connectivity index (χ0) is 17.1. The smallest absolute Gasteiger partial charge is 0.315 e. The van der Waals surface area contributed by atoms with Gasteiger partial charge in [0, 0.05) is 13.0 Å². The van der Waals surface area contributed by atoms with E-state index in [0.29, 0.717) is 26.3 Å².